The Balaban J connectivity index is 2.11. The zero-order valence-electron chi connectivity index (χ0n) is 19.6. The van der Waals surface area contributed by atoms with Crippen molar-refractivity contribution < 1.29 is 9.59 Å². The highest BCUT2D eigenvalue weighted by Gasteiger charge is 2.28. The van der Waals surface area contributed by atoms with E-state index in [-0.39, 0.29) is 17.9 Å². The van der Waals surface area contributed by atoms with Gasteiger partial charge in [-0.15, -0.1) is 0 Å². The van der Waals surface area contributed by atoms with Gasteiger partial charge in [-0.2, -0.15) is 0 Å². The Morgan fingerprint density at radius 3 is 2.03 bits per heavy atom. The number of hydrogen-bond acceptors (Lipinski definition) is 2. The summed E-state index contributed by atoms with van der Waals surface area (Å²) in [4.78, 5) is 28.0. The maximum Gasteiger partial charge on any atom is 0.243 e. The molecule has 2 rings (SSSR count). The van der Waals surface area contributed by atoms with Gasteiger partial charge in [-0.3, -0.25) is 9.59 Å². The number of benzene rings is 2. The van der Waals surface area contributed by atoms with E-state index >= 15 is 0 Å². The van der Waals surface area contributed by atoms with Gasteiger partial charge in [0.25, 0.3) is 0 Å². The average molecular weight is 423 g/mol. The molecule has 0 saturated carbocycles. The van der Waals surface area contributed by atoms with Gasteiger partial charge >= 0.3 is 0 Å². The molecule has 2 atom stereocenters. The maximum atomic E-state index is 13.3. The van der Waals surface area contributed by atoms with Crippen LogP contribution in [-0.4, -0.2) is 35.3 Å². The van der Waals surface area contributed by atoms with Crippen LogP contribution in [0.4, 0.5) is 0 Å². The molecule has 4 heteroatoms. The van der Waals surface area contributed by atoms with Crippen LogP contribution in [0.2, 0.25) is 0 Å². The Hall–Kier alpha value is -2.62. The highest BCUT2D eigenvalue weighted by atomic mass is 16.2. The van der Waals surface area contributed by atoms with Crippen LogP contribution in [-0.2, 0) is 28.9 Å². The highest BCUT2D eigenvalue weighted by molar-refractivity contribution is 5.88. The molecule has 1 N–H and O–H groups in total. The van der Waals surface area contributed by atoms with E-state index in [1.807, 2.05) is 39.0 Å². The van der Waals surface area contributed by atoms with E-state index < -0.39 is 6.04 Å². The first-order valence-electron chi connectivity index (χ1n) is 11.7. The fourth-order valence-corrected chi connectivity index (χ4v) is 3.67. The smallest absolute Gasteiger partial charge is 0.243 e. The van der Waals surface area contributed by atoms with Crippen LogP contribution < -0.4 is 5.32 Å². The minimum absolute atomic E-state index is 0.0432. The van der Waals surface area contributed by atoms with Gasteiger partial charge in [-0.1, -0.05) is 75.4 Å². The van der Waals surface area contributed by atoms with Gasteiger partial charge in [0, 0.05) is 19.0 Å². The minimum Gasteiger partial charge on any atom is -0.352 e. The van der Waals surface area contributed by atoms with Gasteiger partial charge in [-0.25, -0.2) is 0 Å². The second-order valence-corrected chi connectivity index (χ2v) is 8.23. The first-order valence-corrected chi connectivity index (χ1v) is 11.7. The van der Waals surface area contributed by atoms with Crippen LogP contribution in [0.15, 0.2) is 54.6 Å². The van der Waals surface area contributed by atoms with Crippen molar-refractivity contribution in [2.75, 3.05) is 6.54 Å². The molecule has 0 aliphatic rings. The number of carbonyl (C=O) groups excluding carboxylic acids is 2. The summed E-state index contributed by atoms with van der Waals surface area (Å²) in [5.41, 5.74) is 3.63. The van der Waals surface area contributed by atoms with Crippen molar-refractivity contribution in [3.8, 4) is 0 Å². The second-order valence-electron chi connectivity index (χ2n) is 8.23. The zero-order valence-corrected chi connectivity index (χ0v) is 19.6. The molecule has 0 aliphatic carbocycles. The van der Waals surface area contributed by atoms with Gasteiger partial charge in [-0.05, 0) is 55.7 Å². The quantitative estimate of drug-likeness (QED) is 0.526. The molecule has 0 spiro atoms. The highest BCUT2D eigenvalue weighted by Crippen LogP contribution is 2.14. The largest absolute Gasteiger partial charge is 0.352 e. The van der Waals surface area contributed by atoms with E-state index in [1.165, 1.54) is 11.1 Å². The van der Waals surface area contributed by atoms with E-state index in [0.29, 0.717) is 25.8 Å². The second kappa shape index (κ2) is 12.9. The number of hydrogen-bond donors (Lipinski definition) is 1. The normalized spacial score (nSPS) is 12.8. The molecule has 0 saturated heterocycles. The Morgan fingerprint density at radius 1 is 0.839 bits per heavy atom. The van der Waals surface area contributed by atoms with Crippen molar-refractivity contribution in [2.24, 2.45) is 0 Å². The monoisotopic (exact) mass is 422 g/mol. The van der Waals surface area contributed by atoms with E-state index in [2.05, 4.69) is 48.6 Å². The van der Waals surface area contributed by atoms with Gasteiger partial charge in [0.15, 0.2) is 0 Å². The summed E-state index contributed by atoms with van der Waals surface area (Å²) in [6, 6.07) is 18.3. The lowest BCUT2D eigenvalue weighted by Crippen LogP contribution is -2.51. The molecule has 2 amide bonds. The molecule has 31 heavy (non-hydrogen) atoms. The molecule has 0 aromatic heterocycles. The molecule has 0 fully saturated rings. The Morgan fingerprint density at radius 2 is 1.45 bits per heavy atom. The first kappa shape index (κ1) is 24.6. The average Bonchev–Trinajstić information content (AvgIpc) is 2.80. The van der Waals surface area contributed by atoms with E-state index in [0.717, 1.165) is 24.8 Å². The molecular weight excluding hydrogens is 384 g/mol. The van der Waals surface area contributed by atoms with Crippen molar-refractivity contribution in [1.29, 1.82) is 0 Å². The fourth-order valence-electron chi connectivity index (χ4n) is 3.67. The summed E-state index contributed by atoms with van der Waals surface area (Å²) < 4.78 is 0. The van der Waals surface area contributed by atoms with Gasteiger partial charge in [0.2, 0.25) is 11.8 Å². The Kier molecular flexibility index (Phi) is 10.3. The number of carbonyl (C=O) groups is 2. The van der Waals surface area contributed by atoms with Crippen molar-refractivity contribution >= 4 is 11.8 Å². The Labute approximate surface area is 188 Å². The molecule has 168 valence electrons. The number of aryl methyl sites for hydroxylation is 2. The molecule has 0 unspecified atom stereocenters. The Bertz CT molecular complexity index is 802. The minimum atomic E-state index is -0.437. The number of nitrogens with one attached hydrogen (secondary N) is 1. The van der Waals surface area contributed by atoms with Crippen molar-refractivity contribution in [3.05, 3.63) is 71.3 Å². The third-order valence-corrected chi connectivity index (χ3v) is 5.93. The lowest BCUT2D eigenvalue weighted by molar-refractivity contribution is -0.141. The van der Waals surface area contributed by atoms with Crippen molar-refractivity contribution in [1.82, 2.24) is 10.2 Å². The van der Waals surface area contributed by atoms with E-state index in [1.54, 1.807) is 4.90 Å². The van der Waals surface area contributed by atoms with Crippen LogP contribution in [0.5, 0.6) is 0 Å². The summed E-state index contributed by atoms with van der Waals surface area (Å²) >= 11 is 0. The summed E-state index contributed by atoms with van der Waals surface area (Å²) in [5.74, 6) is -0.00721. The third-order valence-electron chi connectivity index (χ3n) is 5.93. The van der Waals surface area contributed by atoms with Crippen LogP contribution in [0.3, 0.4) is 0 Å². The van der Waals surface area contributed by atoms with Crippen LogP contribution >= 0.6 is 0 Å². The van der Waals surface area contributed by atoms with Crippen LogP contribution in [0, 0.1) is 0 Å². The maximum absolute atomic E-state index is 13.3. The number of nitrogens with zero attached hydrogens (tertiary/aromatic N) is 1. The molecule has 0 aliphatic heterocycles. The van der Waals surface area contributed by atoms with Gasteiger partial charge in [0.1, 0.15) is 6.04 Å². The SMILES string of the molecule is CCc1ccc(CCC(=O)N(CCc2ccccc2)[C@H](CC)C(=O)N[C@H](C)CC)cc1. The summed E-state index contributed by atoms with van der Waals surface area (Å²) in [5, 5.41) is 3.07. The topological polar surface area (TPSA) is 49.4 Å². The number of amides is 2. The third kappa shape index (κ3) is 7.86. The molecular formula is C27H38N2O2. The van der Waals surface area contributed by atoms with Crippen molar-refractivity contribution in [2.45, 2.75) is 78.3 Å². The first-order chi connectivity index (χ1) is 15.0. The van der Waals surface area contributed by atoms with Crippen molar-refractivity contribution in [3.63, 3.8) is 0 Å². The molecule has 2 aromatic carbocycles. The molecule has 4 nitrogen and oxygen atoms in total. The lowest BCUT2D eigenvalue weighted by Gasteiger charge is -2.31. The van der Waals surface area contributed by atoms with Gasteiger partial charge < -0.3 is 10.2 Å². The summed E-state index contributed by atoms with van der Waals surface area (Å²) in [6.45, 7) is 8.71. The molecule has 0 radical (unpaired) electrons. The molecule has 2 aromatic rings. The van der Waals surface area contributed by atoms with Crippen LogP contribution in [0.25, 0.3) is 0 Å². The van der Waals surface area contributed by atoms with Crippen LogP contribution in [0.1, 0.15) is 63.6 Å². The number of rotatable bonds is 12. The predicted molar refractivity (Wildman–Crippen MR) is 128 cm³/mol. The standard InChI is InChI=1S/C27H38N2O2/c1-5-21(4)28-27(31)25(7-3)29(20-19-23-11-9-8-10-12-23)26(30)18-17-24-15-13-22(6-2)14-16-24/h8-16,21,25H,5-7,17-20H2,1-4H3,(H,28,31)/t21-,25-/m1/s1. The lowest BCUT2D eigenvalue weighted by atomic mass is 10.0. The fraction of sp³-hybridized carbons (Fsp3) is 0.481. The summed E-state index contributed by atoms with van der Waals surface area (Å²) in [7, 11) is 0. The molecule has 0 heterocycles. The predicted octanol–water partition coefficient (Wildman–Crippen LogP) is 4.95. The van der Waals surface area contributed by atoms with Gasteiger partial charge in [0.05, 0.1) is 0 Å². The van der Waals surface area contributed by atoms with E-state index in [9.17, 15) is 9.59 Å². The zero-order chi connectivity index (χ0) is 22.6. The summed E-state index contributed by atoms with van der Waals surface area (Å²) in [6.07, 6.45) is 4.32. The molecule has 0 bridgehead atoms. The van der Waals surface area contributed by atoms with E-state index in [4.69, 9.17) is 0 Å².